The molecule has 3 aromatic rings. The van der Waals surface area contributed by atoms with Crippen LogP contribution in [0, 0.1) is 5.82 Å². The van der Waals surface area contributed by atoms with Crippen LogP contribution in [0.3, 0.4) is 0 Å². The number of benzene rings is 1. The Morgan fingerprint density at radius 1 is 1.41 bits per heavy atom. The second-order valence-corrected chi connectivity index (χ2v) is 5.50. The van der Waals surface area contributed by atoms with Crippen LogP contribution >= 0.6 is 11.3 Å². The molecule has 0 saturated heterocycles. The van der Waals surface area contributed by atoms with Gasteiger partial charge in [-0.15, -0.1) is 11.3 Å². The summed E-state index contributed by atoms with van der Waals surface area (Å²) in [4.78, 5) is 28.7. The Labute approximate surface area is 128 Å². The minimum Gasteiger partial charge on any atom is -0.496 e. The molecule has 0 bridgehead atoms. The fourth-order valence-electron chi connectivity index (χ4n) is 2.13. The van der Waals surface area contributed by atoms with Crippen LogP contribution in [0.1, 0.15) is 10.4 Å². The topological polar surface area (TPSA) is 61.2 Å². The minimum atomic E-state index is -0.539. The van der Waals surface area contributed by atoms with Crippen molar-refractivity contribution >= 4 is 27.3 Å². The first kappa shape index (κ1) is 14.4. The largest absolute Gasteiger partial charge is 0.496 e. The Morgan fingerprint density at radius 2 is 2.23 bits per heavy atom. The van der Waals surface area contributed by atoms with E-state index in [9.17, 15) is 14.0 Å². The smallest absolute Gasteiger partial charge is 0.271 e. The van der Waals surface area contributed by atoms with Crippen LogP contribution in [0.4, 0.5) is 4.39 Å². The van der Waals surface area contributed by atoms with E-state index in [0.29, 0.717) is 10.2 Å². The summed E-state index contributed by atoms with van der Waals surface area (Å²) < 4.78 is 20.1. The highest BCUT2D eigenvalue weighted by molar-refractivity contribution is 7.17. The molecule has 0 radical (unpaired) electrons. The molecular formula is C15H11FN2O3S. The number of thiophene rings is 1. The van der Waals surface area contributed by atoms with E-state index in [1.807, 2.05) is 0 Å². The predicted octanol–water partition coefficient (Wildman–Crippen LogP) is 2.49. The van der Waals surface area contributed by atoms with Crippen molar-refractivity contribution in [1.82, 2.24) is 9.55 Å². The number of nitrogens with zero attached hydrogens (tertiary/aromatic N) is 2. The molecule has 22 heavy (non-hydrogen) atoms. The standard InChI is InChI=1S/C15H11FN2O3S/c1-21-13-3-2-9(16)6-10(13)12(19)7-18-8-17-11-4-5-22-14(11)15(18)20/h2-6,8H,7H2,1H3. The molecule has 0 aliphatic heterocycles. The van der Waals surface area contributed by atoms with Gasteiger partial charge in [0.05, 0.1) is 31.1 Å². The number of ketones is 1. The van der Waals surface area contributed by atoms with Gasteiger partial charge in [0.15, 0.2) is 5.78 Å². The number of methoxy groups -OCH3 is 1. The monoisotopic (exact) mass is 318 g/mol. The van der Waals surface area contributed by atoms with Crippen molar-refractivity contribution in [3.63, 3.8) is 0 Å². The first-order chi connectivity index (χ1) is 10.6. The van der Waals surface area contributed by atoms with Gasteiger partial charge >= 0.3 is 0 Å². The van der Waals surface area contributed by atoms with Gasteiger partial charge in [-0.25, -0.2) is 9.37 Å². The third-order valence-electron chi connectivity index (χ3n) is 3.21. The summed E-state index contributed by atoms with van der Waals surface area (Å²) in [5, 5.41) is 1.76. The predicted molar refractivity (Wildman–Crippen MR) is 81.2 cm³/mol. The van der Waals surface area contributed by atoms with Crippen molar-refractivity contribution in [3.8, 4) is 5.75 Å². The fourth-order valence-corrected chi connectivity index (χ4v) is 2.92. The molecule has 0 aliphatic carbocycles. The lowest BCUT2D eigenvalue weighted by Gasteiger charge is -2.09. The van der Waals surface area contributed by atoms with Gasteiger partial charge in [-0.05, 0) is 29.6 Å². The molecule has 3 rings (SSSR count). The van der Waals surface area contributed by atoms with E-state index in [0.717, 1.165) is 6.07 Å². The van der Waals surface area contributed by atoms with Crippen LogP contribution in [0.2, 0.25) is 0 Å². The third kappa shape index (κ3) is 2.50. The van der Waals surface area contributed by atoms with Gasteiger partial charge in [-0.3, -0.25) is 14.2 Å². The van der Waals surface area contributed by atoms with Gasteiger partial charge in [-0.2, -0.15) is 0 Å². The van der Waals surface area contributed by atoms with Gasteiger partial charge in [-0.1, -0.05) is 0 Å². The number of hydrogen-bond acceptors (Lipinski definition) is 5. The van der Waals surface area contributed by atoms with Crippen molar-refractivity contribution in [2.24, 2.45) is 0 Å². The molecular weight excluding hydrogens is 307 g/mol. The van der Waals surface area contributed by atoms with E-state index in [2.05, 4.69) is 4.98 Å². The maximum absolute atomic E-state index is 13.3. The molecule has 0 unspecified atom stereocenters. The second-order valence-electron chi connectivity index (χ2n) is 4.58. The number of halogens is 1. The van der Waals surface area contributed by atoms with Gasteiger partial charge in [0.25, 0.3) is 5.56 Å². The quantitative estimate of drug-likeness (QED) is 0.693. The SMILES string of the molecule is COc1ccc(F)cc1C(=O)Cn1cnc2ccsc2c1=O. The minimum absolute atomic E-state index is 0.0978. The maximum atomic E-state index is 13.3. The molecule has 0 spiro atoms. The van der Waals surface area contributed by atoms with Crippen molar-refractivity contribution in [3.05, 3.63) is 57.7 Å². The molecule has 0 amide bonds. The first-order valence-corrected chi connectivity index (χ1v) is 7.27. The van der Waals surface area contributed by atoms with Gasteiger partial charge in [0, 0.05) is 0 Å². The highest BCUT2D eigenvalue weighted by Crippen LogP contribution is 2.20. The van der Waals surface area contributed by atoms with Gasteiger partial charge < -0.3 is 4.74 Å². The second kappa shape index (κ2) is 5.69. The average molecular weight is 318 g/mol. The van der Waals surface area contributed by atoms with E-state index in [4.69, 9.17) is 4.74 Å². The Morgan fingerprint density at radius 3 is 3.00 bits per heavy atom. The highest BCUT2D eigenvalue weighted by Gasteiger charge is 2.15. The molecule has 2 aromatic heterocycles. The Kier molecular flexibility index (Phi) is 3.72. The van der Waals surface area contributed by atoms with E-state index in [1.54, 1.807) is 11.4 Å². The number of aromatic nitrogens is 2. The maximum Gasteiger partial charge on any atom is 0.271 e. The van der Waals surface area contributed by atoms with E-state index < -0.39 is 11.6 Å². The van der Waals surface area contributed by atoms with Crippen LogP contribution in [0.15, 0.2) is 40.8 Å². The van der Waals surface area contributed by atoms with Crippen molar-refractivity contribution in [2.45, 2.75) is 6.54 Å². The molecule has 0 N–H and O–H groups in total. The van der Waals surface area contributed by atoms with Crippen LogP contribution in [-0.2, 0) is 6.54 Å². The van der Waals surface area contributed by atoms with Crippen molar-refractivity contribution in [1.29, 1.82) is 0 Å². The summed E-state index contributed by atoms with van der Waals surface area (Å²) >= 11 is 1.27. The number of carbonyl (C=O) groups is 1. The lowest BCUT2D eigenvalue weighted by Crippen LogP contribution is -2.24. The molecule has 1 aromatic carbocycles. The van der Waals surface area contributed by atoms with E-state index in [-0.39, 0.29) is 23.4 Å². The van der Waals surface area contributed by atoms with E-state index in [1.165, 1.54) is 41.5 Å². The first-order valence-electron chi connectivity index (χ1n) is 6.39. The number of rotatable bonds is 4. The molecule has 0 fully saturated rings. The highest BCUT2D eigenvalue weighted by atomic mass is 32.1. The van der Waals surface area contributed by atoms with Gasteiger partial charge in [0.1, 0.15) is 16.3 Å². The normalized spacial score (nSPS) is 10.8. The molecule has 2 heterocycles. The molecule has 5 nitrogen and oxygen atoms in total. The van der Waals surface area contributed by atoms with Crippen molar-refractivity contribution < 1.29 is 13.9 Å². The number of carbonyl (C=O) groups excluding carboxylic acids is 1. The summed E-state index contributed by atoms with van der Waals surface area (Å²) in [5.41, 5.74) is 0.409. The van der Waals surface area contributed by atoms with Crippen LogP contribution in [0.25, 0.3) is 10.2 Å². The molecule has 0 aliphatic rings. The zero-order chi connectivity index (χ0) is 15.7. The Bertz CT molecular complexity index is 917. The number of Topliss-reactive ketones (excluding diaryl/α,β-unsaturated/α-hetero) is 1. The fraction of sp³-hybridized carbons (Fsp3) is 0.133. The summed E-state index contributed by atoms with van der Waals surface area (Å²) in [5.74, 6) is -0.691. The zero-order valence-corrected chi connectivity index (χ0v) is 12.4. The molecule has 7 heteroatoms. The summed E-state index contributed by atoms with van der Waals surface area (Å²) in [6, 6.07) is 5.43. The average Bonchev–Trinajstić information content (AvgIpc) is 2.99. The summed E-state index contributed by atoms with van der Waals surface area (Å²) in [6.07, 6.45) is 1.32. The Balaban J connectivity index is 1.98. The van der Waals surface area contributed by atoms with Crippen molar-refractivity contribution in [2.75, 3.05) is 7.11 Å². The molecule has 112 valence electrons. The van der Waals surface area contributed by atoms with Crippen LogP contribution < -0.4 is 10.3 Å². The summed E-state index contributed by atoms with van der Waals surface area (Å²) in [7, 11) is 1.40. The Hall–Kier alpha value is -2.54. The lowest BCUT2D eigenvalue weighted by atomic mass is 10.1. The molecule has 0 saturated carbocycles. The van der Waals surface area contributed by atoms with E-state index >= 15 is 0 Å². The number of ether oxygens (including phenoxy) is 1. The van der Waals surface area contributed by atoms with Gasteiger partial charge in [0.2, 0.25) is 0 Å². The number of fused-ring (bicyclic) bond motifs is 1. The number of hydrogen-bond donors (Lipinski definition) is 0. The molecule has 0 atom stereocenters. The zero-order valence-electron chi connectivity index (χ0n) is 11.6. The van der Waals surface area contributed by atoms with Crippen LogP contribution in [0.5, 0.6) is 5.75 Å². The third-order valence-corrected chi connectivity index (χ3v) is 4.10. The lowest BCUT2D eigenvalue weighted by molar-refractivity contribution is 0.0967. The van der Waals surface area contributed by atoms with Crippen LogP contribution in [-0.4, -0.2) is 22.4 Å². The summed E-state index contributed by atoms with van der Waals surface area (Å²) in [6.45, 7) is -0.223.